The predicted octanol–water partition coefficient (Wildman–Crippen LogP) is 2.15. The van der Waals surface area contributed by atoms with Gasteiger partial charge in [0.1, 0.15) is 10.4 Å². The molecule has 0 saturated carbocycles. The van der Waals surface area contributed by atoms with E-state index < -0.39 is 0 Å². The van der Waals surface area contributed by atoms with Crippen molar-refractivity contribution in [2.75, 3.05) is 11.9 Å². The molecule has 15 heavy (non-hydrogen) atoms. The highest BCUT2D eigenvalue weighted by Gasteiger charge is 1.94. The summed E-state index contributed by atoms with van der Waals surface area (Å²) in [6, 6.07) is 7.71. The first-order valence-corrected chi connectivity index (χ1v) is 5.48. The Kier molecular flexibility index (Phi) is 3.34. The van der Waals surface area contributed by atoms with Crippen LogP contribution >= 0.6 is 15.9 Å². The van der Waals surface area contributed by atoms with E-state index in [4.69, 9.17) is 0 Å². The summed E-state index contributed by atoms with van der Waals surface area (Å²) < 4.78 is 2.72. The van der Waals surface area contributed by atoms with Gasteiger partial charge in [0.25, 0.3) is 0 Å². The molecular weight excluding hydrogens is 256 g/mol. The number of anilines is 1. The van der Waals surface area contributed by atoms with Crippen LogP contribution in [0.1, 0.15) is 0 Å². The minimum absolute atomic E-state index is 0.811. The van der Waals surface area contributed by atoms with Gasteiger partial charge in [-0.3, -0.25) is 4.68 Å². The van der Waals surface area contributed by atoms with Crippen LogP contribution in [0, 0.1) is 0 Å². The highest BCUT2D eigenvalue weighted by atomic mass is 79.9. The number of nitrogens with one attached hydrogen (secondary N) is 1. The Morgan fingerprint density at radius 1 is 1.33 bits per heavy atom. The lowest BCUT2D eigenvalue weighted by Crippen LogP contribution is -2.11. The average Bonchev–Trinajstić information content (AvgIpc) is 2.71. The number of aromatic nitrogens is 3. The summed E-state index contributed by atoms with van der Waals surface area (Å²) in [4.78, 5) is 4.27. The van der Waals surface area contributed by atoms with Gasteiger partial charge in [-0.05, 0) is 34.1 Å². The molecule has 0 spiro atoms. The molecule has 0 unspecified atom stereocenters. The maximum atomic E-state index is 4.27. The Labute approximate surface area is 96.5 Å². The van der Waals surface area contributed by atoms with Gasteiger partial charge in [0.05, 0.1) is 6.54 Å². The van der Waals surface area contributed by atoms with Crippen LogP contribution < -0.4 is 5.32 Å². The van der Waals surface area contributed by atoms with Crippen LogP contribution in [-0.2, 0) is 6.54 Å². The summed E-state index contributed by atoms with van der Waals surface area (Å²) in [5.41, 5.74) is 0. The van der Waals surface area contributed by atoms with Gasteiger partial charge in [0.2, 0.25) is 0 Å². The lowest BCUT2D eigenvalue weighted by molar-refractivity contribution is 0.637. The highest BCUT2D eigenvalue weighted by molar-refractivity contribution is 9.10. The summed E-state index contributed by atoms with van der Waals surface area (Å²) in [6.07, 6.45) is 3.72. The molecule has 0 saturated heterocycles. The van der Waals surface area contributed by atoms with Gasteiger partial charge in [0.15, 0.2) is 0 Å². The van der Waals surface area contributed by atoms with Crippen molar-refractivity contribution < 1.29 is 0 Å². The number of hydrogen-bond acceptors (Lipinski definition) is 3. The number of hydrogen-bond donors (Lipinski definition) is 1. The van der Waals surface area contributed by atoms with Gasteiger partial charge >= 0.3 is 0 Å². The van der Waals surface area contributed by atoms with Crippen LogP contribution in [-0.4, -0.2) is 21.3 Å². The zero-order chi connectivity index (χ0) is 10.5. The third-order valence-corrected chi connectivity index (χ3v) is 2.36. The van der Waals surface area contributed by atoms with E-state index in [0.29, 0.717) is 0 Å². The Hall–Kier alpha value is -1.36. The van der Waals surface area contributed by atoms with Crippen molar-refractivity contribution in [2.24, 2.45) is 0 Å². The number of pyridine rings is 1. The molecule has 0 aromatic carbocycles. The Balaban J connectivity index is 1.83. The molecule has 2 heterocycles. The monoisotopic (exact) mass is 266 g/mol. The lowest BCUT2D eigenvalue weighted by Gasteiger charge is -2.05. The van der Waals surface area contributed by atoms with Crippen LogP contribution in [0.5, 0.6) is 0 Å². The summed E-state index contributed by atoms with van der Waals surface area (Å²) in [7, 11) is 0. The first kappa shape index (κ1) is 10.2. The fourth-order valence-electron chi connectivity index (χ4n) is 1.24. The van der Waals surface area contributed by atoms with Crippen LogP contribution in [0.15, 0.2) is 41.3 Å². The molecular formula is C10H11BrN4. The van der Waals surface area contributed by atoms with Crippen molar-refractivity contribution in [1.82, 2.24) is 14.8 Å². The molecule has 0 aliphatic rings. The average molecular weight is 267 g/mol. The van der Waals surface area contributed by atoms with E-state index in [2.05, 4.69) is 31.3 Å². The summed E-state index contributed by atoms with van der Waals surface area (Å²) >= 11 is 3.32. The first-order chi connectivity index (χ1) is 7.34. The smallest absolute Gasteiger partial charge is 0.127 e. The predicted molar refractivity (Wildman–Crippen MR) is 62.7 cm³/mol. The topological polar surface area (TPSA) is 42.7 Å². The van der Waals surface area contributed by atoms with Gasteiger partial charge in [-0.2, -0.15) is 5.10 Å². The van der Waals surface area contributed by atoms with Crippen molar-refractivity contribution in [3.05, 3.63) is 41.3 Å². The van der Waals surface area contributed by atoms with E-state index in [9.17, 15) is 0 Å². The maximum Gasteiger partial charge on any atom is 0.127 e. The van der Waals surface area contributed by atoms with E-state index in [0.717, 1.165) is 23.5 Å². The molecule has 0 fully saturated rings. The molecule has 4 nitrogen and oxygen atoms in total. The molecule has 0 bridgehead atoms. The second kappa shape index (κ2) is 4.93. The molecule has 78 valence electrons. The van der Waals surface area contributed by atoms with Crippen LogP contribution in [0.2, 0.25) is 0 Å². The maximum absolute atomic E-state index is 4.27. The van der Waals surface area contributed by atoms with Gasteiger partial charge in [-0.15, -0.1) is 0 Å². The van der Waals surface area contributed by atoms with Crippen molar-refractivity contribution in [2.45, 2.75) is 6.54 Å². The molecule has 2 aromatic rings. The van der Waals surface area contributed by atoms with Crippen LogP contribution in [0.25, 0.3) is 0 Å². The summed E-state index contributed by atoms with van der Waals surface area (Å²) in [6.45, 7) is 1.65. The summed E-state index contributed by atoms with van der Waals surface area (Å²) in [5.74, 6) is 0.872. The molecule has 5 heteroatoms. The van der Waals surface area contributed by atoms with Gasteiger partial charge < -0.3 is 5.32 Å². The van der Waals surface area contributed by atoms with Crippen LogP contribution in [0.3, 0.4) is 0 Å². The van der Waals surface area contributed by atoms with E-state index in [1.165, 1.54) is 0 Å². The fraction of sp³-hybridized carbons (Fsp3) is 0.200. The largest absolute Gasteiger partial charge is 0.368 e. The van der Waals surface area contributed by atoms with Crippen molar-refractivity contribution in [3.8, 4) is 0 Å². The zero-order valence-corrected chi connectivity index (χ0v) is 9.68. The molecule has 0 atom stereocenters. The van der Waals surface area contributed by atoms with Gasteiger partial charge in [-0.1, -0.05) is 6.07 Å². The van der Waals surface area contributed by atoms with Gasteiger partial charge in [0, 0.05) is 18.9 Å². The molecule has 2 rings (SSSR count). The Bertz CT molecular complexity index is 413. The third-order valence-electron chi connectivity index (χ3n) is 1.92. The number of nitrogens with zero attached hydrogens (tertiary/aromatic N) is 3. The first-order valence-electron chi connectivity index (χ1n) is 4.68. The standard InChI is InChI=1S/C10H11BrN4/c11-9-3-1-4-10(14-9)12-6-8-15-7-2-5-13-15/h1-5,7H,6,8H2,(H,12,14). The number of halogens is 1. The van der Waals surface area contributed by atoms with Crippen molar-refractivity contribution in [1.29, 1.82) is 0 Å². The molecule has 0 aliphatic carbocycles. The van der Waals surface area contributed by atoms with E-state index >= 15 is 0 Å². The molecule has 0 radical (unpaired) electrons. The van der Waals surface area contributed by atoms with E-state index in [-0.39, 0.29) is 0 Å². The number of rotatable bonds is 4. The minimum Gasteiger partial charge on any atom is -0.368 e. The molecule has 0 aliphatic heterocycles. The van der Waals surface area contributed by atoms with Crippen LogP contribution in [0.4, 0.5) is 5.82 Å². The third kappa shape index (κ3) is 3.06. The van der Waals surface area contributed by atoms with Crippen molar-refractivity contribution in [3.63, 3.8) is 0 Å². The highest BCUT2D eigenvalue weighted by Crippen LogP contribution is 2.09. The second-order valence-corrected chi connectivity index (χ2v) is 3.85. The summed E-state index contributed by atoms with van der Waals surface area (Å²) in [5, 5.41) is 7.33. The quantitative estimate of drug-likeness (QED) is 0.863. The molecule has 2 aromatic heterocycles. The lowest BCUT2D eigenvalue weighted by atomic mass is 10.4. The van der Waals surface area contributed by atoms with E-state index in [1.54, 1.807) is 6.20 Å². The molecule has 0 amide bonds. The second-order valence-electron chi connectivity index (χ2n) is 3.04. The van der Waals surface area contributed by atoms with Crippen molar-refractivity contribution >= 4 is 21.7 Å². The fourth-order valence-corrected chi connectivity index (χ4v) is 1.58. The molecule has 1 N–H and O–H groups in total. The Morgan fingerprint density at radius 3 is 3.00 bits per heavy atom. The SMILES string of the molecule is Brc1cccc(NCCn2cccn2)n1. The van der Waals surface area contributed by atoms with E-state index in [1.807, 2.05) is 35.1 Å². The minimum atomic E-state index is 0.811. The normalized spacial score (nSPS) is 10.2. The Morgan fingerprint density at radius 2 is 2.27 bits per heavy atom. The zero-order valence-electron chi connectivity index (χ0n) is 8.10. The van der Waals surface area contributed by atoms with Gasteiger partial charge in [-0.25, -0.2) is 4.98 Å².